The van der Waals surface area contributed by atoms with Crippen LogP contribution in [-0.2, 0) is 11.2 Å². The Labute approximate surface area is 169 Å². The molecule has 0 unspecified atom stereocenters. The Balaban J connectivity index is 1.79. The summed E-state index contributed by atoms with van der Waals surface area (Å²) < 4.78 is 11.1. The van der Waals surface area contributed by atoms with E-state index in [1.54, 1.807) is 0 Å². The number of rotatable bonds is 8. The molecule has 1 amide bonds. The first-order chi connectivity index (χ1) is 13.3. The number of benzene rings is 2. The van der Waals surface area contributed by atoms with Gasteiger partial charge in [-0.1, -0.05) is 42.8 Å². The third-order valence-electron chi connectivity index (χ3n) is 4.33. The highest BCUT2D eigenvalue weighted by Crippen LogP contribution is 2.28. The fourth-order valence-corrected chi connectivity index (χ4v) is 2.89. The molecule has 0 atom stereocenters. The minimum atomic E-state index is -0.463. The second-order valence-electron chi connectivity index (χ2n) is 8.02. The van der Waals surface area contributed by atoms with E-state index in [0.29, 0.717) is 13.2 Å². The molecule has 0 aliphatic heterocycles. The second kappa shape index (κ2) is 10.2. The van der Waals surface area contributed by atoms with Crippen molar-refractivity contribution in [3.8, 4) is 16.9 Å². The van der Waals surface area contributed by atoms with Crippen LogP contribution in [0.3, 0.4) is 0 Å². The van der Waals surface area contributed by atoms with Gasteiger partial charge in [0.15, 0.2) is 0 Å². The summed E-state index contributed by atoms with van der Waals surface area (Å²) in [5.41, 5.74) is 4.59. The van der Waals surface area contributed by atoms with E-state index in [-0.39, 0.29) is 6.09 Å². The summed E-state index contributed by atoms with van der Waals surface area (Å²) in [6, 6.07) is 14.9. The third kappa shape index (κ3) is 7.26. The van der Waals surface area contributed by atoms with Crippen LogP contribution < -0.4 is 10.1 Å². The molecule has 0 saturated carbocycles. The van der Waals surface area contributed by atoms with Crippen LogP contribution in [0.2, 0.25) is 0 Å². The summed E-state index contributed by atoms with van der Waals surface area (Å²) in [6.45, 7) is 11.1. The Morgan fingerprint density at radius 1 is 1.04 bits per heavy atom. The number of nitrogens with one attached hydrogen (secondary N) is 1. The van der Waals surface area contributed by atoms with Gasteiger partial charge >= 0.3 is 6.09 Å². The van der Waals surface area contributed by atoms with Crippen LogP contribution in [0.5, 0.6) is 5.75 Å². The molecule has 2 aromatic rings. The van der Waals surface area contributed by atoms with Crippen LogP contribution in [0, 0.1) is 6.92 Å². The van der Waals surface area contributed by atoms with Crippen molar-refractivity contribution in [1.82, 2.24) is 5.32 Å². The van der Waals surface area contributed by atoms with Gasteiger partial charge in [0.25, 0.3) is 0 Å². The van der Waals surface area contributed by atoms with Crippen LogP contribution in [0.25, 0.3) is 11.1 Å². The predicted molar refractivity (Wildman–Crippen MR) is 115 cm³/mol. The van der Waals surface area contributed by atoms with Crippen molar-refractivity contribution in [2.24, 2.45) is 0 Å². The van der Waals surface area contributed by atoms with Crippen molar-refractivity contribution < 1.29 is 14.3 Å². The zero-order chi connectivity index (χ0) is 20.6. The molecule has 0 heterocycles. The molecular weight excluding hydrogens is 350 g/mol. The number of carbonyl (C=O) groups excluding carboxylic acids is 1. The first-order valence-corrected chi connectivity index (χ1v) is 10.1. The van der Waals surface area contributed by atoms with Gasteiger partial charge in [0, 0.05) is 6.54 Å². The van der Waals surface area contributed by atoms with E-state index < -0.39 is 5.60 Å². The van der Waals surface area contributed by atoms with Gasteiger partial charge in [0.1, 0.15) is 11.4 Å². The van der Waals surface area contributed by atoms with E-state index in [0.717, 1.165) is 25.0 Å². The fourth-order valence-electron chi connectivity index (χ4n) is 2.89. The van der Waals surface area contributed by atoms with Gasteiger partial charge in [0.05, 0.1) is 6.61 Å². The average Bonchev–Trinajstić information content (AvgIpc) is 2.63. The summed E-state index contributed by atoms with van der Waals surface area (Å²) in [5, 5.41) is 2.77. The molecule has 0 aliphatic carbocycles. The Kier molecular flexibility index (Phi) is 7.91. The molecule has 1 N–H and O–H groups in total. The molecule has 0 saturated heterocycles. The van der Waals surface area contributed by atoms with Gasteiger partial charge in [-0.3, -0.25) is 0 Å². The number of alkyl carbamates (subject to hydrolysis) is 1. The molecule has 0 aromatic heterocycles. The molecular formula is C24H33NO3. The van der Waals surface area contributed by atoms with Gasteiger partial charge in [0.2, 0.25) is 0 Å². The van der Waals surface area contributed by atoms with Crippen molar-refractivity contribution >= 4 is 6.09 Å². The van der Waals surface area contributed by atoms with Crippen molar-refractivity contribution in [2.45, 2.75) is 59.5 Å². The fraction of sp³-hybridized carbons (Fsp3) is 0.458. The SMILES string of the molecule is CCc1cc(OCCCCNC(=O)OC(C)(C)C)ccc1-c1ccc(C)cc1. The lowest BCUT2D eigenvalue weighted by molar-refractivity contribution is 0.0526. The number of carbonyl (C=O) groups is 1. The van der Waals surface area contributed by atoms with Gasteiger partial charge < -0.3 is 14.8 Å². The maximum Gasteiger partial charge on any atom is 0.407 e. The molecule has 2 rings (SSSR count). The highest BCUT2D eigenvalue weighted by molar-refractivity contribution is 5.69. The molecule has 0 spiro atoms. The quantitative estimate of drug-likeness (QED) is 0.577. The summed E-state index contributed by atoms with van der Waals surface area (Å²) in [7, 11) is 0. The highest BCUT2D eigenvalue weighted by atomic mass is 16.6. The topological polar surface area (TPSA) is 47.6 Å². The standard InChI is InChI=1S/C24H33NO3/c1-6-19-17-21(13-14-22(19)20-11-9-18(2)10-12-20)27-16-8-7-15-25-23(26)28-24(3,4)5/h9-14,17H,6-8,15-16H2,1-5H3,(H,25,26). The van der Waals surface area contributed by atoms with Crippen molar-refractivity contribution in [3.05, 3.63) is 53.6 Å². The largest absolute Gasteiger partial charge is 0.494 e. The smallest absolute Gasteiger partial charge is 0.407 e. The van der Waals surface area contributed by atoms with E-state index in [1.165, 1.54) is 22.3 Å². The number of aryl methyl sites for hydroxylation is 2. The van der Waals surface area contributed by atoms with Gasteiger partial charge in [-0.2, -0.15) is 0 Å². The average molecular weight is 384 g/mol. The number of hydrogen-bond acceptors (Lipinski definition) is 3. The Bertz CT molecular complexity index is 760. The Hall–Kier alpha value is -2.49. The molecule has 0 bridgehead atoms. The lowest BCUT2D eigenvalue weighted by Gasteiger charge is -2.19. The minimum absolute atomic E-state index is 0.368. The molecule has 152 valence electrons. The first-order valence-electron chi connectivity index (χ1n) is 10.1. The second-order valence-corrected chi connectivity index (χ2v) is 8.02. The Morgan fingerprint density at radius 2 is 1.75 bits per heavy atom. The molecule has 2 aromatic carbocycles. The van der Waals surface area contributed by atoms with Crippen molar-refractivity contribution in [1.29, 1.82) is 0 Å². The number of hydrogen-bond donors (Lipinski definition) is 1. The predicted octanol–water partition coefficient (Wildman–Crippen LogP) is 5.91. The van der Waals surface area contributed by atoms with Crippen molar-refractivity contribution in [3.63, 3.8) is 0 Å². The monoisotopic (exact) mass is 383 g/mol. The molecule has 0 aliphatic rings. The van der Waals surface area contributed by atoms with Crippen LogP contribution in [0.1, 0.15) is 51.7 Å². The van der Waals surface area contributed by atoms with Crippen LogP contribution in [0.4, 0.5) is 4.79 Å². The van der Waals surface area contributed by atoms with Gasteiger partial charge in [-0.25, -0.2) is 4.79 Å². The lowest BCUT2D eigenvalue weighted by Crippen LogP contribution is -2.33. The maximum atomic E-state index is 11.6. The summed E-state index contributed by atoms with van der Waals surface area (Å²) in [5.74, 6) is 0.896. The number of unbranched alkanes of at least 4 members (excludes halogenated alkanes) is 1. The molecule has 4 heteroatoms. The van der Waals surface area contributed by atoms with Crippen LogP contribution in [-0.4, -0.2) is 24.8 Å². The zero-order valence-corrected chi connectivity index (χ0v) is 17.8. The van der Waals surface area contributed by atoms with E-state index in [2.05, 4.69) is 55.6 Å². The highest BCUT2D eigenvalue weighted by Gasteiger charge is 2.15. The summed E-state index contributed by atoms with van der Waals surface area (Å²) >= 11 is 0. The Morgan fingerprint density at radius 3 is 2.39 bits per heavy atom. The van der Waals surface area contributed by atoms with Crippen LogP contribution in [0.15, 0.2) is 42.5 Å². The molecule has 0 fully saturated rings. The molecule has 0 radical (unpaired) electrons. The van der Waals surface area contributed by atoms with Crippen LogP contribution >= 0.6 is 0 Å². The van der Waals surface area contributed by atoms with Crippen molar-refractivity contribution in [2.75, 3.05) is 13.2 Å². The molecule has 4 nitrogen and oxygen atoms in total. The van der Waals surface area contributed by atoms with E-state index >= 15 is 0 Å². The first kappa shape index (κ1) is 21.8. The minimum Gasteiger partial charge on any atom is -0.494 e. The summed E-state index contributed by atoms with van der Waals surface area (Å²) in [6.07, 6.45) is 2.31. The van der Waals surface area contributed by atoms with E-state index in [9.17, 15) is 4.79 Å². The maximum absolute atomic E-state index is 11.6. The molecule has 28 heavy (non-hydrogen) atoms. The normalized spacial score (nSPS) is 11.2. The number of ether oxygens (including phenoxy) is 2. The van der Waals surface area contributed by atoms with E-state index in [4.69, 9.17) is 9.47 Å². The van der Waals surface area contributed by atoms with Gasteiger partial charge in [-0.15, -0.1) is 0 Å². The lowest BCUT2D eigenvalue weighted by atomic mass is 9.97. The zero-order valence-electron chi connectivity index (χ0n) is 17.8. The summed E-state index contributed by atoms with van der Waals surface area (Å²) in [4.78, 5) is 11.6. The third-order valence-corrected chi connectivity index (χ3v) is 4.33. The van der Waals surface area contributed by atoms with E-state index in [1.807, 2.05) is 26.8 Å². The van der Waals surface area contributed by atoms with Gasteiger partial charge in [-0.05, 0) is 75.8 Å². The number of amides is 1.